The predicted molar refractivity (Wildman–Crippen MR) is 132 cm³/mol. The number of amides is 2. The molecule has 0 aromatic heterocycles. The van der Waals surface area contributed by atoms with E-state index in [-0.39, 0.29) is 30.4 Å². The first kappa shape index (κ1) is 24.0. The van der Waals surface area contributed by atoms with Crippen LogP contribution in [0, 0.1) is 6.92 Å². The van der Waals surface area contributed by atoms with Crippen molar-refractivity contribution in [3.63, 3.8) is 0 Å². The van der Waals surface area contributed by atoms with Gasteiger partial charge in [-0.2, -0.15) is 0 Å². The Morgan fingerprint density at radius 2 is 1.52 bits per heavy atom. The van der Waals surface area contributed by atoms with Crippen LogP contribution in [0.3, 0.4) is 0 Å². The maximum absolute atomic E-state index is 12.9. The number of nitrogens with one attached hydrogen (secondary N) is 2. The number of aryl methyl sites for hydroxylation is 1. The van der Waals surface area contributed by atoms with Crippen LogP contribution in [0.5, 0.6) is 0 Å². The minimum absolute atomic E-state index is 0.0902. The lowest BCUT2D eigenvalue weighted by atomic mass is 9.99. The second-order valence-corrected chi connectivity index (χ2v) is 8.25. The molecule has 0 fully saturated rings. The molecule has 0 aliphatic heterocycles. The van der Waals surface area contributed by atoms with Crippen molar-refractivity contribution in [3.8, 4) is 0 Å². The second kappa shape index (κ2) is 10.8. The van der Waals surface area contributed by atoms with E-state index < -0.39 is 0 Å². The fourth-order valence-electron chi connectivity index (χ4n) is 3.26. The van der Waals surface area contributed by atoms with Crippen molar-refractivity contribution in [3.05, 3.63) is 88.4 Å². The number of carbonyl (C=O) groups excluding carboxylic acids is 3. The van der Waals surface area contributed by atoms with E-state index in [1.165, 1.54) is 4.90 Å². The van der Waals surface area contributed by atoms with Crippen LogP contribution in [0.25, 0.3) is 0 Å². The van der Waals surface area contributed by atoms with Gasteiger partial charge >= 0.3 is 0 Å². The molecular formula is C26H26ClN3O3. The molecule has 0 radical (unpaired) electrons. The van der Waals surface area contributed by atoms with Gasteiger partial charge in [-0.1, -0.05) is 48.0 Å². The molecule has 6 nitrogen and oxygen atoms in total. The van der Waals surface area contributed by atoms with E-state index in [1.807, 2.05) is 43.3 Å². The van der Waals surface area contributed by atoms with Crippen LogP contribution in [-0.2, 0) is 9.59 Å². The normalized spacial score (nSPS) is 10.4. The lowest BCUT2D eigenvalue weighted by Gasteiger charge is -2.15. The third-order valence-corrected chi connectivity index (χ3v) is 5.46. The van der Waals surface area contributed by atoms with E-state index in [0.717, 1.165) is 5.56 Å². The number of para-hydroxylation sites is 2. The Labute approximate surface area is 198 Å². The highest BCUT2D eigenvalue weighted by molar-refractivity contribution is 6.35. The highest BCUT2D eigenvalue weighted by atomic mass is 35.5. The Kier molecular flexibility index (Phi) is 7.85. The number of nitrogens with zero attached hydrogens (tertiary/aromatic N) is 1. The second-order valence-electron chi connectivity index (χ2n) is 7.85. The Morgan fingerprint density at radius 1 is 0.848 bits per heavy atom. The summed E-state index contributed by atoms with van der Waals surface area (Å²) in [5.74, 6) is -0.493. The minimum atomic E-state index is -0.253. The third kappa shape index (κ3) is 6.20. The van der Waals surface area contributed by atoms with Crippen LogP contribution in [0.1, 0.15) is 34.3 Å². The van der Waals surface area contributed by atoms with Crippen molar-refractivity contribution < 1.29 is 14.4 Å². The van der Waals surface area contributed by atoms with E-state index >= 15 is 0 Å². The maximum Gasteiger partial charge on any atom is 0.224 e. The van der Waals surface area contributed by atoms with E-state index in [1.54, 1.807) is 44.4 Å². The van der Waals surface area contributed by atoms with Crippen molar-refractivity contribution in [1.29, 1.82) is 0 Å². The standard InChI is InChI=1S/C26H26ClN3O3/c1-17-8-4-5-9-19(17)26(33)20-13-12-18(16-21(20)27)28-22-10-6-7-11-23(22)29-24(31)14-15-25(32)30(2)3/h4-13,16,28H,14-15H2,1-3H3,(H,29,31). The van der Waals surface area contributed by atoms with Gasteiger partial charge < -0.3 is 15.5 Å². The predicted octanol–water partition coefficient (Wildman–Crippen LogP) is 5.43. The van der Waals surface area contributed by atoms with Crippen LogP contribution < -0.4 is 10.6 Å². The van der Waals surface area contributed by atoms with Gasteiger partial charge in [-0.3, -0.25) is 14.4 Å². The Morgan fingerprint density at radius 3 is 2.18 bits per heavy atom. The maximum atomic E-state index is 12.9. The lowest BCUT2D eigenvalue weighted by molar-refractivity contribution is -0.130. The van der Waals surface area contributed by atoms with E-state index in [2.05, 4.69) is 10.6 Å². The van der Waals surface area contributed by atoms with Gasteiger partial charge in [0.15, 0.2) is 5.78 Å². The lowest BCUT2D eigenvalue weighted by Crippen LogP contribution is -2.23. The van der Waals surface area contributed by atoms with Crippen molar-refractivity contribution in [1.82, 2.24) is 4.90 Å². The minimum Gasteiger partial charge on any atom is -0.354 e. The van der Waals surface area contributed by atoms with Gasteiger partial charge in [0, 0.05) is 43.8 Å². The van der Waals surface area contributed by atoms with Gasteiger partial charge in [-0.05, 0) is 42.8 Å². The molecule has 0 spiro atoms. The van der Waals surface area contributed by atoms with E-state index in [9.17, 15) is 14.4 Å². The molecule has 0 unspecified atom stereocenters. The Hall–Kier alpha value is -3.64. The highest BCUT2D eigenvalue weighted by Gasteiger charge is 2.16. The van der Waals surface area contributed by atoms with E-state index in [0.29, 0.717) is 33.2 Å². The molecule has 170 valence electrons. The topological polar surface area (TPSA) is 78.5 Å². The van der Waals surface area contributed by atoms with Crippen LogP contribution in [-0.4, -0.2) is 36.6 Å². The summed E-state index contributed by atoms with van der Waals surface area (Å²) in [5.41, 5.74) is 3.84. The number of hydrogen-bond donors (Lipinski definition) is 2. The molecule has 3 rings (SSSR count). The van der Waals surface area contributed by atoms with Gasteiger partial charge in [-0.15, -0.1) is 0 Å². The van der Waals surface area contributed by atoms with Crippen LogP contribution in [0.15, 0.2) is 66.7 Å². The first-order chi connectivity index (χ1) is 15.8. The molecule has 0 aliphatic carbocycles. The van der Waals surface area contributed by atoms with Gasteiger partial charge in [-0.25, -0.2) is 0 Å². The highest BCUT2D eigenvalue weighted by Crippen LogP contribution is 2.29. The summed E-state index contributed by atoms with van der Waals surface area (Å²) in [4.78, 5) is 38.4. The quantitative estimate of drug-likeness (QED) is 0.436. The number of anilines is 3. The number of hydrogen-bond acceptors (Lipinski definition) is 4. The number of rotatable bonds is 8. The van der Waals surface area contributed by atoms with Crippen LogP contribution in [0.4, 0.5) is 17.1 Å². The first-order valence-electron chi connectivity index (χ1n) is 10.5. The third-order valence-electron chi connectivity index (χ3n) is 5.15. The van der Waals surface area contributed by atoms with Gasteiger partial charge in [0.05, 0.1) is 16.4 Å². The van der Waals surface area contributed by atoms with Gasteiger partial charge in [0.2, 0.25) is 11.8 Å². The summed E-state index contributed by atoms with van der Waals surface area (Å²) in [5, 5.41) is 6.40. The molecule has 0 saturated heterocycles. The molecule has 0 atom stereocenters. The number of carbonyl (C=O) groups is 3. The summed E-state index contributed by atoms with van der Waals surface area (Å²) >= 11 is 6.45. The summed E-state index contributed by atoms with van der Waals surface area (Å²) < 4.78 is 0. The zero-order valence-corrected chi connectivity index (χ0v) is 19.6. The molecule has 3 aromatic rings. The number of benzene rings is 3. The molecule has 3 aromatic carbocycles. The summed E-state index contributed by atoms with van der Waals surface area (Å²) in [6.07, 6.45) is 0.229. The fraction of sp³-hybridized carbons (Fsp3) is 0.192. The molecule has 0 heterocycles. The monoisotopic (exact) mass is 463 g/mol. The number of ketones is 1. The van der Waals surface area contributed by atoms with Crippen molar-refractivity contribution >= 4 is 46.3 Å². The molecule has 2 amide bonds. The van der Waals surface area contributed by atoms with Crippen molar-refractivity contribution in [2.45, 2.75) is 19.8 Å². The smallest absolute Gasteiger partial charge is 0.224 e. The van der Waals surface area contributed by atoms with Crippen LogP contribution in [0.2, 0.25) is 5.02 Å². The van der Waals surface area contributed by atoms with Gasteiger partial charge in [0.1, 0.15) is 0 Å². The molecule has 0 bridgehead atoms. The molecule has 7 heteroatoms. The van der Waals surface area contributed by atoms with E-state index in [4.69, 9.17) is 11.6 Å². The summed E-state index contributed by atoms with van der Waals surface area (Å²) in [6.45, 7) is 1.89. The molecule has 0 saturated carbocycles. The SMILES string of the molecule is Cc1ccccc1C(=O)c1ccc(Nc2ccccc2NC(=O)CCC(=O)N(C)C)cc1Cl. The first-order valence-corrected chi connectivity index (χ1v) is 10.9. The average molecular weight is 464 g/mol. The molecular weight excluding hydrogens is 438 g/mol. The fourth-order valence-corrected chi connectivity index (χ4v) is 3.53. The van der Waals surface area contributed by atoms with Gasteiger partial charge in [0.25, 0.3) is 0 Å². The molecule has 2 N–H and O–H groups in total. The zero-order chi connectivity index (χ0) is 24.0. The summed E-state index contributed by atoms with van der Waals surface area (Å²) in [6, 6.07) is 19.8. The average Bonchev–Trinajstić information content (AvgIpc) is 2.78. The Balaban J connectivity index is 1.73. The zero-order valence-electron chi connectivity index (χ0n) is 18.8. The number of halogens is 1. The van der Waals surface area contributed by atoms with Crippen LogP contribution >= 0.6 is 11.6 Å². The van der Waals surface area contributed by atoms with Crippen molar-refractivity contribution in [2.75, 3.05) is 24.7 Å². The largest absolute Gasteiger partial charge is 0.354 e. The Bertz CT molecular complexity index is 1190. The molecule has 0 aliphatic rings. The summed E-state index contributed by atoms with van der Waals surface area (Å²) in [7, 11) is 3.31. The van der Waals surface area contributed by atoms with Crippen molar-refractivity contribution in [2.24, 2.45) is 0 Å². The molecule has 33 heavy (non-hydrogen) atoms.